The SMILES string of the molecule is COC(=O)C(Cc1ccc(C(F)(F)F)cc1)NC1CC1c1nc(NCc2ccc(CC(N)=O)cc2)ncc1F. The Hall–Kier alpha value is -4.06. The Balaban J connectivity index is 1.37. The van der Waals surface area contributed by atoms with Crippen LogP contribution in [-0.2, 0) is 39.9 Å². The minimum Gasteiger partial charge on any atom is -0.468 e. The molecule has 3 aromatic rings. The van der Waals surface area contributed by atoms with E-state index < -0.39 is 35.5 Å². The van der Waals surface area contributed by atoms with Crippen molar-refractivity contribution in [1.82, 2.24) is 15.3 Å². The van der Waals surface area contributed by atoms with Gasteiger partial charge >= 0.3 is 12.1 Å². The molecule has 1 amide bonds. The quantitative estimate of drug-likeness (QED) is 0.249. The van der Waals surface area contributed by atoms with E-state index in [0.717, 1.165) is 29.5 Å². The van der Waals surface area contributed by atoms with Crippen LogP contribution in [0.2, 0.25) is 0 Å². The summed E-state index contributed by atoms with van der Waals surface area (Å²) in [5, 5.41) is 6.18. The van der Waals surface area contributed by atoms with Crippen LogP contribution in [0.4, 0.5) is 23.5 Å². The van der Waals surface area contributed by atoms with Gasteiger partial charge in [-0.25, -0.2) is 14.4 Å². The topological polar surface area (TPSA) is 119 Å². The smallest absolute Gasteiger partial charge is 0.416 e. The molecule has 3 unspecified atom stereocenters. The Morgan fingerprint density at radius 3 is 2.33 bits per heavy atom. The van der Waals surface area contributed by atoms with Crippen molar-refractivity contribution in [3.63, 3.8) is 0 Å². The lowest BCUT2D eigenvalue weighted by atomic mass is 10.0. The van der Waals surface area contributed by atoms with Gasteiger partial charge in [0, 0.05) is 18.5 Å². The molecule has 0 radical (unpaired) electrons. The summed E-state index contributed by atoms with van der Waals surface area (Å²) in [6, 6.07) is 10.7. The summed E-state index contributed by atoms with van der Waals surface area (Å²) in [4.78, 5) is 31.7. The van der Waals surface area contributed by atoms with Crippen molar-refractivity contribution in [1.29, 1.82) is 0 Å². The minimum absolute atomic E-state index is 0.103. The highest BCUT2D eigenvalue weighted by Crippen LogP contribution is 2.41. The van der Waals surface area contributed by atoms with Crippen LogP contribution in [0.25, 0.3) is 0 Å². The van der Waals surface area contributed by atoms with Gasteiger partial charge in [-0.3, -0.25) is 9.59 Å². The maximum absolute atomic E-state index is 14.6. The first-order valence-corrected chi connectivity index (χ1v) is 12.2. The molecule has 3 atom stereocenters. The number of esters is 1. The number of ether oxygens (including phenoxy) is 1. The number of methoxy groups -OCH3 is 1. The highest BCUT2D eigenvalue weighted by molar-refractivity contribution is 5.76. The van der Waals surface area contributed by atoms with Crippen LogP contribution in [0.5, 0.6) is 0 Å². The van der Waals surface area contributed by atoms with E-state index in [0.29, 0.717) is 18.5 Å². The molecule has 1 saturated carbocycles. The van der Waals surface area contributed by atoms with Gasteiger partial charge in [-0.1, -0.05) is 36.4 Å². The second kappa shape index (κ2) is 11.8. The summed E-state index contributed by atoms with van der Waals surface area (Å²) >= 11 is 0. The van der Waals surface area contributed by atoms with Gasteiger partial charge in [-0.2, -0.15) is 13.2 Å². The third-order valence-electron chi connectivity index (χ3n) is 6.39. The van der Waals surface area contributed by atoms with E-state index in [1.807, 2.05) is 12.1 Å². The second-order valence-corrected chi connectivity index (χ2v) is 9.33. The molecule has 0 spiro atoms. The van der Waals surface area contributed by atoms with Crippen LogP contribution >= 0.6 is 0 Å². The molecule has 206 valence electrons. The fourth-order valence-corrected chi connectivity index (χ4v) is 4.24. The molecule has 12 heteroatoms. The third kappa shape index (κ3) is 7.50. The van der Waals surface area contributed by atoms with Crippen molar-refractivity contribution in [3.8, 4) is 0 Å². The molecule has 8 nitrogen and oxygen atoms in total. The summed E-state index contributed by atoms with van der Waals surface area (Å²) in [7, 11) is 1.22. The minimum atomic E-state index is -4.45. The van der Waals surface area contributed by atoms with Crippen LogP contribution in [0.1, 0.15) is 40.3 Å². The zero-order valence-corrected chi connectivity index (χ0v) is 21.0. The van der Waals surface area contributed by atoms with E-state index in [1.54, 1.807) is 12.1 Å². The lowest BCUT2D eigenvalue weighted by molar-refractivity contribution is -0.143. The molecule has 4 rings (SSSR count). The Bertz CT molecular complexity index is 1320. The molecule has 1 aromatic heterocycles. The fourth-order valence-electron chi connectivity index (χ4n) is 4.24. The molecule has 1 aliphatic rings. The number of carbonyl (C=O) groups is 2. The van der Waals surface area contributed by atoms with Crippen LogP contribution in [-0.4, -0.2) is 41.0 Å². The molecule has 1 aliphatic carbocycles. The van der Waals surface area contributed by atoms with Crippen molar-refractivity contribution in [2.45, 2.75) is 50.0 Å². The number of rotatable bonds is 11. The first-order valence-electron chi connectivity index (χ1n) is 12.2. The van der Waals surface area contributed by atoms with Crippen molar-refractivity contribution in [2.75, 3.05) is 12.4 Å². The molecular weight excluding hydrogens is 518 g/mol. The standard InChI is InChI=1S/C27H27F4N5O3/c1-39-25(38)22(10-15-6-8-18(9-7-15)27(29,30)31)35-21-12-19(21)24-20(28)14-34-26(36-24)33-13-17-4-2-16(3-5-17)11-23(32)37/h2-9,14,19,21-22,35H,10-13H2,1H3,(H2,32,37)(H,33,34,36). The van der Waals surface area contributed by atoms with Gasteiger partial charge in [0.25, 0.3) is 0 Å². The number of nitrogens with one attached hydrogen (secondary N) is 2. The number of amides is 1. The molecule has 4 N–H and O–H groups in total. The van der Waals surface area contributed by atoms with Crippen molar-refractivity contribution < 1.29 is 31.9 Å². The largest absolute Gasteiger partial charge is 0.468 e. The average molecular weight is 546 g/mol. The Morgan fingerprint density at radius 2 is 1.72 bits per heavy atom. The third-order valence-corrected chi connectivity index (χ3v) is 6.39. The predicted octanol–water partition coefficient (Wildman–Crippen LogP) is 3.50. The van der Waals surface area contributed by atoms with Gasteiger partial charge in [-0.15, -0.1) is 0 Å². The number of hydrogen-bond donors (Lipinski definition) is 3. The zero-order chi connectivity index (χ0) is 28.2. The molecule has 0 saturated heterocycles. The summed E-state index contributed by atoms with van der Waals surface area (Å²) < 4.78 is 58.0. The molecule has 39 heavy (non-hydrogen) atoms. The second-order valence-electron chi connectivity index (χ2n) is 9.33. The maximum atomic E-state index is 14.6. The first kappa shape index (κ1) is 28.0. The first-order chi connectivity index (χ1) is 18.5. The summed E-state index contributed by atoms with van der Waals surface area (Å²) in [5.74, 6) is -1.66. The van der Waals surface area contributed by atoms with Crippen molar-refractivity contribution >= 4 is 17.8 Å². The highest BCUT2D eigenvalue weighted by Gasteiger charge is 2.43. The number of anilines is 1. The van der Waals surface area contributed by atoms with Gasteiger partial charge in [0.1, 0.15) is 6.04 Å². The highest BCUT2D eigenvalue weighted by atomic mass is 19.4. The van der Waals surface area contributed by atoms with E-state index in [9.17, 15) is 27.2 Å². The zero-order valence-electron chi connectivity index (χ0n) is 21.0. The number of aromatic nitrogens is 2. The molecule has 1 fully saturated rings. The number of carbonyl (C=O) groups excluding carboxylic acids is 2. The normalized spacial score (nSPS) is 17.4. The van der Waals surface area contributed by atoms with Crippen LogP contribution < -0.4 is 16.4 Å². The maximum Gasteiger partial charge on any atom is 0.416 e. The van der Waals surface area contributed by atoms with Gasteiger partial charge < -0.3 is 21.1 Å². The fraction of sp³-hybridized carbons (Fsp3) is 0.333. The number of alkyl halides is 3. The molecule has 2 aromatic carbocycles. The Labute approximate surface area is 222 Å². The molecule has 0 bridgehead atoms. The van der Waals surface area contributed by atoms with Gasteiger partial charge in [0.15, 0.2) is 5.82 Å². The van der Waals surface area contributed by atoms with Gasteiger partial charge in [0.05, 0.1) is 31.0 Å². The molecule has 0 aliphatic heterocycles. The lowest BCUT2D eigenvalue weighted by Crippen LogP contribution is -2.41. The van der Waals surface area contributed by atoms with E-state index in [4.69, 9.17) is 10.5 Å². The Kier molecular flexibility index (Phi) is 8.44. The van der Waals surface area contributed by atoms with Crippen molar-refractivity contribution in [3.05, 3.63) is 88.5 Å². The summed E-state index contributed by atoms with van der Waals surface area (Å²) in [6.45, 7) is 0.367. The lowest BCUT2D eigenvalue weighted by Gasteiger charge is -2.17. The van der Waals surface area contributed by atoms with Crippen molar-refractivity contribution in [2.24, 2.45) is 5.73 Å². The van der Waals surface area contributed by atoms with E-state index in [1.165, 1.54) is 19.2 Å². The van der Waals surface area contributed by atoms with E-state index >= 15 is 0 Å². The van der Waals surface area contributed by atoms with E-state index in [2.05, 4.69) is 20.6 Å². The number of nitrogens with zero attached hydrogens (tertiary/aromatic N) is 2. The van der Waals surface area contributed by atoms with Gasteiger partial charge in [-0.05, 0) is 41.7 Å². The molecular formula is C27H27F4N5O3. The number of hydrogen-bond acceptors (Lipinski definition) is 7. The number of primary amides is 1. The molecule has 1 heterocycles. The Morgan fingerprint density at radius 1 is 1.08 bits per heavy atom. The number of benzene rings is 2. The average Bonchev–Trinajstić information content (AvgIpc) is 3.66. The predicted molar refractivity (Wildman–Crippen MR) is 134 cm³/mol. The van der Waals surface area contributed by atoms with E-state index in [-0.39, 0.29) is 36.4 Å². The van der Waals surface area contributed by atoms with Gasteiger partial charge in [0.2, 0.25) is 11.9 Å². The summed E-state index contributed by atoms with van der Waals surface area (Å²) in [6.07, 6.45) is -2.61. The van der Waals surface area contributed by atoms with Crippen LogP contribution in [0.3, 0.4) is 0 Å². The van der Waals surface area contributed by atoms with Crippen LogP contribution in [0.15, 0.2) is 54.7 Å². The summed E-state index contributed by atoms with van der Waals surface area (Å²) in [5.41, 5.74) is 6.83. The van der Waals surface area contributed by atoms with Crippen LogP contribution in [0, 0.1) is 5.82 Å². The number of halogens is 4. The number of nitrogens with two attached hydrogens (primary N) is 1. The monoisotopic (exact) mass is 545 g/mol.